The van der Waals surface area contributed by atoms with Crippen LogP contribution in [0.3, 0.4) is 0 Å². The predicted octanol–water partition coefficient (Wildman–Crippen LogP) is 4.80. The van der Waals surface area contributed by atoms with Crippen LogP contribution in [0.4, 0.5) is 8.78 Å². The Hall–Kier alpha value is -1.03. The number of Topliss-reactive ketones (excluding diaryl/α,β-unsaturated/α-hetero) is 1. The van der Waals surface area contributed by atoms with Crippen LogP contribution in [0.15, 0.2) is 28.3 Å². The zero-order valence-electron chi connectivity index (χ0n) is 9.81. The minimum absolute atomic E-state index is 0.115. The van der Waals surface area contributed by atoms with Gasteiger partial charge >= 0.3 is 0 Å². The summed E-state index contributed by atoms with van der Waals surface area (Å²) >= 11 is 2.97. The molecule has 0 aliphatic heterocycles. The molecule has 0 radical (unpaired) electrons. The number of allylic oxidation sites excluding steroid dienone is 2. The molecule has 0 saturated carbocycles. The second-order valence-corrected chi connectivity index (χ2v) is 5.28. The van der Waals surface area contributed by atoms with Crippen molar-refractivity contribution in [2.24, 2.45) is 0 Å². The number of benzene rings is 1. The van der Waals surface area contributed by atoms with Crippen molar-refractivity contribution in [2.75, 3.05) is 0 Å². The summed E-state index contributed by atoms with van der Waals surface area (Å²) in [7, 11) is 0. The zero-order chi connectivity index (χ0) is 13.1. The Morgan fingerprint density at radius 3 is 2.72 bits per heavy atom. The van der Waals surface area contributed by atoms with Crippen LogP contribution >= 0.6 is 15.9 Å². The quantitative estimate of drug-likeness (QED) is 0.445. The third kappa shape index (κ3) is 2.86. The topological polar surface area (TPSA) is 17.1 Å². The summed E-state index contributed by atoms with van der Waals surface area (Å²) < 4.78 is 27.4. The summed E-state index contributed by atoms with van der Waals surface area (Å²) in [6.07, 6.45) is 6.09. The predicted molar refractivity (Wildman–Crippen MR) is 69.6 cm³/mol. The van der Waals surface area contributed by atoms with Gasteiger partial charge in [-0.25, -0.2) is 8.78 Å². The molecule has 1 aromatic rings. The number of ketones is 1. The van der Waals surface area contributed by atoms with Crippen LogP contribution in [0.5, 0.6) is 0 Å². The second kappa shape index (κ2) is 5.74. The van der Waals surface area contributed by atoms with E-state index in [1.807, 2.05) is 6.08 Å². The van der Waals surface area contributed by atoms with E-state index < -0.39 is 23.0 Å². The van der Waals surface area contributed by atoms with Gasteiger partial charge in [0.2, 0.25) is 0 Å². The summed E-state index contributed by atoms with van der Waals surface area (Å²) in [5, 5.41) is 0. The van der Waals surface area contributed by atoms with Gasteiger partial charge in [-0.1, -0.05) is 11.6 Å². The molecule has 0 saturated heterocycles. The van der Waals surface area contributed by atoms with E-state index in [1.54, 1.807) is 0 Å². The van der Waals surface area contributed by atoms with Crippen molar-refractivity contribution in [2.45, 2.75) is 32.1 Å². The van der Waals surface area contributed by atoms with E-state index >= 15 is 0 Å². The minimum atomic E-state index is -0.809. The molecule has 0 atom stereocenters. The van der Waals surface area contributed by atoms with E-state index in [4.69, 9.17) is 0 Å². The maximum absolute atomic E-state index is 13.7. The van der Waals surface area contributed by atoms with Crippen LogP contribution in [-0.2, 0) is 0 Å². The Morgan fingerprint density at radius 2 is 2.06 bits per heavy atom. The molecule has 0 aromatic heterocycles. The molecule has 0 heterocycles. The van der Waals surface area contributed by atoms with Gasteiger partial charge in [0.1, 0.15) is 5.82 Å². The van der Waals surface area contributed by atoms with Gasteiger partial charge in [-0.15, -0.1) is 0 Å². The molecule has 2 rings (SSSR count). The highest BCUT2D eigenvalue weighted by atomic mass is 79.9. The van der Waals surface area contributed by atoms with Gasteiger partial charge < -0.3 is 0 Å². The van der Waals surface area contributed by atoms with E-state index in [0.717, 1.165) is 37.3 Å². The lowest BCUT2D eigenvalue weighted by molar-refractivity contribution is 0.0983. The average molecular weight is 315 g/mol. The standard InChI is InChI=1S/C14H13BrF2O/c15-10-6-7-11(16)13(14(10)17)12(18)8-9-4-2-1-3-5-9/h4,6-7H,1-3,5,8H2. The maximum Gasteiger partial charge on any atom is 0.172 e. The van der Waals surface area contributed by atoms with Gasteiger partial charge in [0.25, 0.3) is 0 Å². The summed E-state index contributed by atoms with van der Waals surface area (Å²) in [4.78, 5) is 12.0. The van der Waals surface area contributed by atoms with E-state index in [2.05, 4.69) is 15.9 Å². The van der Waals surface area contributed by atoms with Crippen LogP contribution in [0.1, 0.15) is 42.5 Å². The van der Waals surface area contributed by atoms with E-state index in [1.165, 1.54) is 6.07 Å². The Kier molecular flexibility index (Phi) is 4.27. The number of rotatable bonds is 3. The van der Waals surface area contributed by atoms with Gasteiger partial charge in [0.15, 0.2) is 11.6 Å². The van der Waals surface area contributed by atoms with Gasteiger partial charge in [-0.05, 0) is 53.7 Å². The van der Waals surface area contributed by atoms with Crippen molar-refractivity contribution < 1.29 is 13.6 Å². The van der Waals surface area contributed by atoms with Crippen LogP contribution in [-0.4, -0.2) is 5.78 Å². The lowest BCUT2D eigenvalue weighted by Crippen LogP contribution is -2.08. The molecule has 0 fully saturated rings. The molecule has 1 aliphatic carbocycles. The monoisotopic (exact) mass is 314 g/mol. The number of carbonyl (C=O) groups excluding carboxylic acids is 1. The first kappa shape index (κ1) is 13.4. The first-order chi connectivity index (χ1) is 8.59. The average Bonchev–Trinajstić information content (AvgIpc) is 2.36. The maximum atomic E-state index is 13.7. The highest BCUT2D eigenvalue weighted by Crippen LogP contribution is 2.26. The van der Waals surface area contributed by atoms with E-state index in [0.29, 0.717) is 0 Å². The molecule has 0 spiro atoms. The zero-order valence-corrected chi connectivity index (χ0v) is 11.4. The Morgan fingerprint density at radius 1 is 1.28 bits per heavy atom. The molecule has 0 bridgehead atoms. The van der Waals surface area contributed by atoms with E-state index in [9.17, 15) is 13.6 Å². The third-order valence-electron chi connectivity index (χ3n) is 3.10. The molecule has 1 nitrogen and oxygen atoms in total. The SMILES string of the molecule is O=C(CC1=CCCCC1)c1c(F)ccc(Br)c1F. The first-order valence-corrected chi connectivity index (χ1v) is 6.73. The summed E-state index contributed by atoms with van der Waals surface area (Å²) in [6.45, 7) is 0. The van der Waals surface area contributed by atoms with E-state index in [-0.39, 0.29) is 10.9 Å². The number of carbonyl (C=O) groups is 1. The first-order valence-electron chi connectivity index (χ1n) is 5.94. The fraction of sp³-hybridized carbons (Fsp3) is 0.357. The summed E-state index contributed by atoms with van der Waals surface area (Å²) in [6, 6.07) is 2.37. The van der Waals surface area contributed by atoms with Gasteiger partial charge in [0, 0.05) is 6.42 Å². The number of hydrogen-bond donors (Lipinski definition) is 0. The van der Waals surface area contributed by atoms with Crippen molar-refractivity contribution in [3.8, 4) is 0 Å². The lowest BCUT2D eigenvalue weighted by atomic mass is 9.93. The van der Waals surface area contributed by atoms with Crippen molar-refractivity contribution in [3.05, 3.63) is 45.5 Å². The van der Waals surface area contributed by atoms with Crippen molar-refractivity contribution in [1.29, 1.82) is 0 Å². The number of hydrogen-bond acceptors (Lipinski definition) is 1. The molecule has 96 valence electrons. The minimum Gasteiger partial charge on any atom is -0.294 e. The molecular weight excluding hydrogens is 302 g/mol. The largest absolute Gasteiger partial charge is 0.294 e. The van der Waals surface area contributed by atoms with Crippen molar-refractivity contribution in [1.82, 2.24) is 0 Å². The van der Waals surface area contributed by atoms with Gasteiger partial charge in [0.05, 0.1) is 10.0 Å². The highest BCUT2D eigenvalue weighted by Gasteiger charge is 2.20. The highest BCUT2D eigenvalue weighted by molar-refractivity contribution is 9.10. The molecule has 0 amide bonds. The molecule has 0 N–H and O–H groups in total. The second-order valence-electron chi connectivity index (χ2n) is 4.43. The Bertz CT molecular complexity index is 509. The smallest absolute Gasteiger partial charge is 0.172 e. The Balaban J connectivity index is 2.23. The van der Waals surface area contributed by atoms with Crippen LogP contribution in [0.25, 0.3) is 0 Å². The molecular formula is C14H13BrF2O. The molecule has 1 aliphatic rings. The van der Waals surface area contributed by atoms with Crippen LogP contribution in [0, 0.1) is 11.6 Å². The Labute approximate surface area is 113 Å². The van der Waals surface area contributed by atoms with Gasteiger partial charge in [-0.2, -0.15) is 0 Å². The lowest BCUT2D eigenvalue weighted by Gasteiger charge is -2.12. The molecule has 4 heteroatoms. The van der Waals surface area contributed by atoms with Crippen LogP contribution in [0.2, 0.25) is 0 Å². The van der Waals surface area contributed by atoms with Crippen LogP contribution < -0.4 is 0 Å². The molecule has 18 heavy (non-hydrogen) atoms. The molecule has 1 aromatic carbocycles. The summed E-state index contributed by atoms with van der Waals surface area (Å²) in [5.74, 6) is -2.09. The summed E-state index contributed by atoms with van der Waals surface area (Å²) in [5.41, 5.74) is 0.556. The fourth-order valence-electron chi connectivity index (χ4n) is 2.14. The number of halogens is 3. The van der Waals surface area contributed by atoms with Crippen molar-refractivity contribution >= 4 is 21.7 Å². The third-order valence-corrected chi connectivity index (χ3v) is 3.71. The fourth-order valence-corrected chi connectivity index (χ4v) is 2.47. The normalized spacial score (nSPS) is 15.4. The van der Waals surface area contributed by atoms with Crippen molar-refractivity contribution in [3.63, 3.8) is 0 Å². The molecule has 0 unspecified atom stereocenters. The van der Waals surface area contributed by atoms with Gasteiger partial charge in [-0.3, -0.25) is 4.79 Å².